The van der Waals surface area contributed by atoms with Crippen LogP contribution in [0.3, 0.4) is 0 Å². The van der Waals surface area contributed by atoms with Crippen LogP contribution in [0.25, 0.3) is 77.6 Å². The minimum Gasteiger partial charge on any atom is -0.456 e. The number of fused-ring (bicyclic) bond motifs is 4. The van der Waals surface area contributed by atoms with Crippen molar-refractivity contribution in [3.8, 4) is 45.0 Å². The maximum Gasteiger partial charge on any atom is 0.134 e. The molecule has 41 heavy (non-hydrogen) atoms. The number of furan rings is 1. The summed E-state index contributed by atoms with van der Waals surface area (Å²) in [6.45, 7) is 0. The molecule has 0 bridgehead atoms. The van der Waals surface area contributed by atoms with Crippen molar-refractivity contribution < 1.29 is 19.5 Å². The molecule has 0 atom stereocenters. The Morgan fingerprint density at radius 3 is 1.93 bits per heavy atom. The van der Waals surface area contributed by atoms with Gasteiger partial charge in [0.1, 0.15) is 11.5 Å². The highest BCUT2D eigenvalue weighted by Crippen LogP contribution is 2.37. The second-order valence-electron chi connectivity index (χ2n) is 9.38. The van der Waals surface area contributed by atoms with Crippen LogP contribution in [-0.2, 0) is 0 Å². The van der Waals surface area contributed by atoms with Gasteiger partial charge in [0, 0.05) is 33.7 Å². The Kier molecular flexibility index (Phi) is 3.44. The third-order valence-electron chi connectivity index (χ3n) is 6.97. The number of aromatic nitrogens is 2. The van der Waals surface area contributed by atoms with Gasteiger partial charge in [-0.3, -0.25) is 4.98 Å². The molecule has 0 amide bonds. The topological polar surface area (TPSA) is 38.9 Å². The summed E-state index contributed by atoms with van der Waals surface area (Å²) in [5.41, 5.74) is 2.61. The molecule has 3 heteroatoms. The number of nitrogens with zero attached hydrogens (tertiary/aromatic N) is 2. The molecule has 8 rings (SSSR count). The van der Waals surface area contributed by atoms with Gasteiger partial charge in [0.05, 0.1) is 31.8 Å². The fourth-order valence-electron chi connectivity index (χ4n) is 5.03. The largest absolute Gasteiger partial charge is 0.456 e. The average Bonchev–Trinajstić information content (AvgIpc) is 3.44. The monoisotopic (exact) mass is 535 g/mol. The zero-order chi connectivity index (χ0) is 36.7. The highest BCUT2D eigenvalue weighted by molar-refractivity contribution is 6.07. The lowest BCUT2D eigenvalue weighted by Gasteiger charge is -2.13. The molecule has 0 aliphatic carbocycles. The van der Waals surface area contributed by atoms with Crippen LogP contribution in [0, 0.1) is 0 Å². The lowest BCUT2D eigenvalue weighted by molar-refractivity contribution is 0.597. The highest BCUT2D eigenvalue weighted by atomic mass is 16.3. The summed E-state index contributed by atoms with van der Waals surface area (Å²) < 4.78 is 99.6. The van der Waals surface area contributed by atoms with E-state index in [1.54, 1.807) is 12.3 Å². The van der Waals surface area contributed by atoms with Crippen LogP contribution >= 0.6 is 0 Å². The van der Waals surface area contributed by atoms with E-state index < -0.39 is 89.1 Å². The van der Waals surface area contributed by atoms with Crippen molar-refractivity contribution in [1.29, 1.82) is 0 Å². The molecule has 0 saturated carbocycles. The Morgan fingerprint density at radius 2 is 1.15 bits per heavy atom. The van der Waals surface area contributed by atoms with Gasteiger partial charge >= 0.3 is 0 Å². The van der Waals surface area contributed by atoms with Gasteiger partial charge in [-0.05, 0) is 46.1 Å². The lowest BCUT2D eigenvalue weighted by atomic mass is 9.93. The summed E-state index contributed by atoms with van der Waals surface area (Å²) in [5.74, 6) is -0.995. The first-order valence-electron chi connectivity index (χ1n) is 18.4. The van der Waals surface area contributed by atoms with Gasteiger partial charge in [-0.15, -0.1) is 0 Å². The molecule has 0 aliphatic heterocycles. The van der Waals surface area contributed by atoms with Gasteiger partial charge in [0.25, 0.3) is 0 Å². The van der Waals surface area contributed by atoms with Crippen LogP contribution in [0.5, 0.6) is 0 Å². The SMILES string of the molecule is [2H]c1c(-c2c([2H])c([2H])c([2H])c([2H])c2[2H])oc(-c2c([2H])c([2H])c(-c3ccc(-c4ccc5ccc6cccnc6c5n4)c4ccccc34)c([2H])c2[2H])c1[2H]. The van der Waals surface area contributed by atoms with Crippen molar-refractivity contribution in [1.82, 2.24) is 9.97 Å². The maximum atomic E-state index is 9.07. The molecule has 3 heterocycles. The molecule has 0 saturated heterocycles. The lowest BCUT2D eigenvalue weighted by Crippen LogP contribution is -1.91. The summed E-state index contributed by atoms with van der Waals surface area (Å²) in [6, 6.07) is 16.4. The molecule has 0 aliphatic rings. The Bertz CT molecular complexity index is 2780. The normalized spacial score (nSPS) is 15.2. The third-order valence-corrected chi connectivity index (χ3v) is 6.97. The van der Waals surface area contributed by atoms with Crippen LogP contribution in [0.15, 0.2) is 150 Å². The summed E-state index contributed by atoms with van der Waals surface area (Å²) in [7, 11) is 0. The van der Waals surface area contributed by atoms with Crippen molar-refractivity contribution in [2.45, 2.75) is 0 Å². The van der Waals surface area contributed by atoms with Crippen molar-refractivity contribution in [3.05, 3.63) is 145 Å². The quantitative estimate of drug-likeness (QED) is 0.210. The summed E-state index contributed by atoms with van der Waals surface area (Å²) in [6.07, 6.45) is 1.73. The van der Waals surface area contributed by atoms with E-state index in [0.717, 1.165) is 32.8 Å². The van der Waals surface area contributed by atoms with E-state index in [4.69, 9.17) is 24.5 Å². The average molecular weight is 536 g/mol. The van der Waals surface area contributed by atoms with Crippen LogP contribution in [0.1, 0.15) is 15.1 Å². The van der Waals surface area contributed by atoms with Crippen LogP contribution in [0.2, 0.25) is 0 Å². The molecule has 5 aromatic carbocycles. The zero-order valence-electron chi connectivity index (χ0n) is 32.3. The van der Waals surface area contributed by atoms with Crippen molar-refractivity contribution in [2.24, 2.45) is 0 Å². The van der Waals surface area contributed by atoms with Gasteiger partial charge in [0.2, 0.25) is 0 Å². The summed E-state index contributed by atoms with van der Waals surface area (Å²) in [4.78, 5) is 9.57. The molecule has 0 spiro atoms. The van der Waals surface area contributed by atoms with Crippen LogP contribution < -0.4 is 0 Å². The first kappa shape index (κ1) is 14.7. The predicted octanol–water partition coefficient (Wildman–Crippen LogP) is 10.2. The Morgan fingerprint density at radius 1 is 0.512 bits per heavy atom. The molecule has 0 N–H and O–H groups in total. The number of benzene rings is 5. The Balaban J connectivity index is 1.30. The minimum atomic E-state index is -0.659. The van der Waals surface area contributed by atoms with E-state index in [1.807, 2.05) is 66.7 Å². The predicted molar refractivity (Wildman–Crippen MR) is 169 cm³/mol. The fraction of sp³-hybridized carbons (Fsp3) is 0. The molecular weight excluding hydrogens is 500 g/mol. The van der Waals surface area contributed by atoms with Crippen molar-refractivity contribution in [2.75, 3.05) is 0 Å². The molecule has 3 nitrogen and oxygen atoms in total. The second kappa shape index (κ2) is 9.58. The number of pyridine rings is 2. The highest BCUT2D eigenvalue weighted by Gasteiger charge is 2.13. The van der Waals surface area contributed by atoms with Crippen molar-refractivity contribution in [3.63, 3.8) is 0 Å². The van der Waals surface area contributed by atoms with E-state index in [0.29, 0.717) is 16.6 Å². The van der Waals surface area contributed by atoms with E-state index in [1.165, 1.54) is 0 Å². The van der Waals surface area contributed by atoms with Crippen molar-refractivity contribution >= 4 is 32.6 Å². The van der Waals surface area contributed by atoms with E-state index >= 15 is 0 Å². The zero-order valence-corrected chi connectivity index (χ0v) is 21.3. The standard InChI is InChI=1S/C38H24N2O/c1-2-7-26(8-3-1)35-22-23-36(41-35)27-14-12-25(13-15-27)30-19-20-33(32-11-5-4-10-31(30)32)34-21-18-29-17-16-28-9-6-24-39-37(28)38(29)40-34/h1-24H/i1D,2D,3D,7D,8D,12D,13D,14D,15D,22D,23D. The van der Waals surface area contributed by atoms with Gasteiger partial charge < -0.3 is 4.42 Å². The fourth-order valence-corrected chi connectivity index (χ4v) is 5.03. The maximum absolute atomic E-state index is 9.07. The van der Waals surface area contributed by atoms with Crippen LogP contribution in [0.4, 0.5) is 0 Å². The summed E-state index contributed by atoms with van der Waals surface area (Å²) >= 11 is 0. The second-order valence-corrected chi connectivity index (χ2v) is 9.38. The number of hydrogen-bond acceptors (Lipinski definition) is 3. The Labute approximate surface area is 252 Å². The van der Waals surface area contributed by atoms with Gasteiger partial charge in [0.15, 0.2) is 0 Å². The summed E-state index contributed by atoms with van der Waals surface area (Å²) in [5, 5.41) is 3.32. The van der Waals surface area contributed by atoms with E-state index in [-0.39, 0.29) is 5.56 Å². The van der Waals surface area contributed by atoms with Crippen LogP contribution in [-0.4, -0.2) is 9.97 Å². The molecule has 3 aromatic heterocycles. The third kappa shape index (κ3) is 4.07. The molecule has 192 valence electrons. The Hall–Kier alpha value is -5.54. The van der Waals surface area contributed by atoms with Gasteiger partial charge in [-0.1, -0.05) is 115 Å². The number of rotatable bonds is 4. The molecule has 8 aromatic rings. The molecular formula is C38H24N2O. The first-order valence-corrected chi connectivity index (χ1v) is 12.9. The van der Waals surface area contributed by atoms with Gasteiger partial charge in [-0.25, -0.2) is 4.98 Å². The molecule has 0 fully saturated rings. The molecule has 0 unspecified atom stereocenters. The van der Waals surface area contributed by atoms with Gasteiger partial charge in [-0.2, -0.15) is 0 Å². The van der Waals surface area contributed by atoms with E-state index in [2.05, 4.69) is 4.98 Å². The minimum absolute atomic E-state index is 0.0122. The van der Waals surface area contributed by atoms with E-state index in [9.17, 15) is 0 Å². The number of hydrogen-bond donors (Lipinski definition) is 0. The molecule has 0 radical (unpaired) electrons. The smallest absolute Gasteiger partial charge is 0.134 e. The first-order chi connectivity index (χ1) is 24.9.